The molecule has 2 saturated heterocycles. The lowest BCUT2D eigenvalue weighted by molar-refractivity contribution is 0.0884. The molecule has 1 N–H and O–H groups in total. The van der Waals surface area contributed by atoms with E-state index < -0.39 is 0 Å². The number of aromatic nitrogens is 1. The highest BCUT2D eigenvalue weighted by Crippen LogP contribution is 2.36. The molecule has 1 unspecified atom stereocenters. The number of piperidine rings is 1. The maximum atomic E-state index is 13.6. The minimum Gasteiger partial charge on any atom is -0.349 e. The molecule has 1 aromatic heterocycles. The Morgan fingerprint density at radius 3 is 2.32 bits per heavy atom. The number of carbonyl (C=O) groups is 1. The Morgan fingerprint density at radius 2 is 1.68 bits per heavy atom. The number of aryl methyl sites for hydroxylation is 2. The first-order valence-corrected chi connectivity index (χ1v) is 10.8. The molecular formula is C25H29ClFN3O. The van der Waals surface area contributed by atoms with E-state index in [4.69, 9.17) is 0 Å². The summed E-state index contributed by atoms with van der Waals surface area (Å²) in [4.78, 5) is 16.1. The smallest absolute Gasteiger partial charge is 0.254 e. The number of halogens is 2. The van der Waals surface area contributed by atoms with Crippen molar-refractivity contribution in [2.24, 2.45) is 7.05 Å². The molecule has 5 rings (SSSR count). The Hall–Kier alpha value is -2.37. The van der Waals surface area contributed by atoms with E-state index in [2.05, 4.69) is 40.0 Å². The largest absolute Gasteiger partial charge is 0.349 e. The summed E-state index contributed by atoms with van der Waals surface area (Å²) in [6.07, 6.45) is 4.46. The van der Waals surface area contributed by atoms with Gasteiger partial charge in [-0.1, -0.05) is 11.6 Å². The van der Waals surface area contributed by atoms with Crippen LogP contribution in [0.25, 0.3) is 22.2 Å². The summed E-state index contributed by atoms with van der Waals surface area (Å²) in [5.41, 5.74) is 4.50. The highest BCUT2D eigenvalue weighted by Gasteiger charge is 2.39. The molecule has 1 amide bonds. The quantitative estimate of drug-likeness (QED) is 0.616. The number of benzene rings is 2. The Kier molecular flexibility index (Phi) is 5.84. The second-order valence-electron chi connectivity index (χ2n) is 9.00. The summed E-state index contributed by atoms with van der Waals surface area (Å²) < 4.78 is 15.6. The Morgan fingerprint density at radius 1 is 1.03 bits per heavy atom. The molecule has 3 heterocycles. The molecule has 0 aliphatic carbocycles. The van der Waals surface area contributed by atoms with E-state index in [1.54, 1.807) is 12.1 Å². The van der Waals surface area contributed by atoms with E-state index in [9.17, 15) is 9.18 Å². The summed E-state index contributed by atoms with van der Waals surface area (Å²) in [5, 5.41) is 4.30. The molecule has 164 valence electrons. The normalized spacial score (nSPS) is 23.0. The zero-order valence-corrected chi connectivity index (χ0v) is 19.0. The molecule has 6 heteroatoms. The van der Waals surface area contributed by atoms with Crippen molar-refractivity contribution < 1.29 is 9.18 Å². The molecule has 31 heavy (non-hydrogen) atoms. The van der Waals surface area contributed by atoms with Crippen molar-refractivity contribution >= 4 is 29.2 Å². The Balaban J connectivity index is 0.00000231. The lowest BCUT2D eigenvalue weighted by Gasteiger charge is -2.36. The number of nitrogens with zero attached hydrogens (tertiary/aromatic N) is 2. The molecule has 3 aromatic rings. The van der Waals surface area contributed by atoms with Gasteiger partial charge in [-0.2, -0.15) is 0 Å². The third kappa shape index (κ3) is 3.74. The average molecular weight is 442 g/mol. The second kappa shape index (κ2) is 8.29. The third-order valence-corrected chi connectivity index (χ3v) is 7.13. The van der Waals surface area contributed by atoms with E-state index in [1.807, 2.05) is 14.0 Å². The van der Waals surface area contributed by atoms with Crippen molar-refractivity contribution in [3.05, 3.63) is 59.4 Å². The van der Waals surface area contributed by atoms with Crippen LogP contribution in [0.3, 0.4) is 0 Å². The predicted molar refractivity (Wildman–Crippen MR) is 125 cm³/mol. The molecule has 2 aromatic carbocycles. The molecule has 3 atom stereocenters. The molecule has 2 bridgehead atoms. The lowest BCUT2D eigenvalue weighted by atomic mass is 9.97. The number of amides is 1. The fraction of sp³-hybridized carbons (Fsp3) is 0.400. The fourth-order valence-corrected chi connectivity index (χ4v) is 5.52. The van der Waals surface area contributed by atoms with Gasteiger partial charge in [-0.3, -0.25) is 4.79 Å². The first-order chi connectivity index (χ1) is 14.4. The number of hydrogen-bond acceptors (Lipinski definition) is 2. The van der Waals surface area contributed by atoms with Crippen LogP contribution in [0.1, 0.15) is 41.6 Å². The van der Waals surface area contributed by atoms with Crippen molar-refractivity contribution in [3.63, 3.8) is 0 Å². The number of hydrogen-bond donors (Lipinski definition) is 1. The van der Waals surface area contributed by atoms with Gasteiger partial charge in [0.05, 0.1) is 11.3 Å². The van der Waals surface area contributed by atoms with Crippen molar-refractivity contribution in [2.45, 2.75) is 50.7 Å². The van der Waals surface area contributed by atoms with Crippen LogP contribution in [0.15, 0.2) is 42.5 Å². The summed E-state index contributed by atoms with van der Waals surface area (Å²) in [7, 11) is 4.18. The van der Waals surface area contributed by atoms with Crippen LogP contribution in [0.5, 0.6) is 0 Å². The van der Waals surface area contributed by atoms with Crippen molar-refractivity contribution in [1.29, 1.82) is 0 Å². The van der Waals surface area contributed by atoms with Crippen LogP contribution in [0.2, 0.25) is 0 Å². The zero-order chi connectivity index (χ0) is 21.0. The molecule has 0 saturated carbocycles. The third-order valence-electron chi connectivity index (χ3n) is 7.13. The molecule has 0 spiro atoms. The monoisotopic (exact) mass is 441 g/mol. The molecular weight excluding hydrogens is 413 g/mol. The summed E-state index contributed by atoms with van der Waals surface area (Å²) in [6, 6.07) is 14.0. The number of rotatable bonds is 3. The predicted octanol–water partition coefficient (Wildman–Crippen LogP) is 5.07. The van der Waals surface area contributed by atoms with Gasteiger partial charge in [0.15, 0.2) is 0 Å². The number of fused-ring (bicyclic) bond motifs is 3. The van der Waals surface area contributed by atoms with Gasteiger partial charge in [-0.15, -0.1) is 12.4 Å². The van der Waals surface area contributed by atoms with Gasteiger partial charge >= 0.3 is 0 Å². The van der Waals surface area contributed by atoms with E-state index in [0.717, 1.165) is 40.6 Å². The van der Waals surface area contributed by atoms with Gasteiger partial charge in [-0.25, -0.2) is 4.39 Å². The van der Waals surface area contributed by atoms with Gasteiger partial charge in [0.1, 0.15) is 5.82 Å². The minimum absolute atomic E-state index is 0. The van der Waals surface area contributed by atoms with Gasteiger partial charge in [0.25, 0.3) is 5.91 Å². The first kappa shape index (κ1) is 21.8. The van der Waals surface area contributed by atoms with Gasteiger partial charge < -0.3 is 14.8 Å². The van der Waals surface area contributed by atoms with E-state index in [1.165, 1.54) is 25.0 Å². The average Bonchev–Trinajstić information content (AvgIpc) is 3.10. The Bertz CT molecular complexity index is 1110. The summed E-state index contributed by atoms with van der Waals surface area (Å²) in [5.74, 6) is -0.305. The minimum atomic E-state index is -0.277. The molecule has 0 radical (unpaired) electrons. The van der Waals surface area contributed by atoms with Crippen LogP contribution in [0.4, 0.5) is 4.39 Å². The van der Waals surface area contributed by atoms with Crippen LogP contribution in [0, 0.1) is 12.7 Å². The topological polar surface area (TPSA) is 37.3 Å². The van der Waals surface area contributed by atoms with Crippen LogP contribution < -0.4 is 5.32 Å². The van der Waals surface area contributed by atoms with Crippen molar-refractivity contribution in [3.8, 4) is 11.3 Å². The van der Waals surface area contributed by atoms with Crippen molar-refractivity contribution in [1.82, 2.24) is 14.8 Å². The fourth-order valence-electron chi connectivity index (χ4n) is 5.52. The number of nitrogens with one attached hydrogen (secondary N) is 1. The van der Waals surface area contributed by atoms with Gasteiger partial charge in [-0.05, 0) is 81.6 Å². The van der Waals surface area contributed by atoms with Crippen molar-refractivity contribution in [2.75, 3.05) is 7.05 Å². The van der Waals surface area contributed by atoms with Gasteiger partial charge in [0, 0.05) is 36.1 Å². The SMILES string of the molecule is Cc1ccc2c(c1)c(C(=O)NC1C[C@H]3CC[C@@H](C1)N3C)c(-c1ccc(F)cc1)n2C.Cl. The maximum Gasteiger partial charge on any atom is 0.254 e. The Labute approximate surface area is 188 Å². The second-order valence-corrected chi connectivity index (χ2v) is 9.00. The summed E-state index contributed by atoms with van der Waals surface area (Å²) >= 11 is 0. The van der Waals surface area contributed by atoms with Crippen LogP contribution in [-0.2, 0) is 7.05 Å². The van der Waals surface area contributed by atoms with E-state index >= 15 is 0 Å². The van der Waals surface area contributed by atoms with Crippen LogP contribution >= 0.6 is 12.4 Å². The maximum absolute atomic E-state index is 13.6. The lowest BCUT2D eigenvalue weighted by Crippen LogP contribution is -2.48. The number of carbonyl (C=O) groups excluding carboxylic acids is 1. The molecule has 4 nitrogen and oxygen atoms in total. The van der Waals surface area contributed by atoms with E-state index in [0.29, 0.717) is 17.6 Å². The highest BCUT2D eigenvalue weighted by atomic mass is 35.5. The molecule has 2 aliphatic heterocycles. The summed E-state index contributed by atoms with van der Waals surface area (Å²) in [6.45, 7) is 2.04. The molecule has 2 fully saturated rings. The van der Waals surface area contributed by atoms with Crippen LogP contribution in [-0.4, -0.2) is 40.5 Å². The standard InChI is InChI=1S/C25H28FN3O.ClH/c1-15-4-11-22-21(12-15)23(24(29(22)3)16-5-7-17(26)8-6-16)25(30)27-18-13-19-9-10-20(14-18)28(19)2;/h4-8,11-12,18-20H,9-10,13-14H2,1-3H3,(H,27,30);1H/t18?,19-,20+;. The zero-order valence-electron chi connectivity index (χ0n) is 18.2. The molecule has 2 aliphatic rings. The first-order valence-electron chi connectivity index (χ1n) is 10.8. The van der Waals surface area contributed by atoms with E-state index in [-0.39, 0.29) is 30.2 Å². The van der Waals surface area contributed by atoms with Gasteiger partial charge in [0.2, 0.25) is 0 Å². The highest BCUT2D eigenvalue weighted by molar-refractivity contribution is 6.13.